The Bertz CT molecular complexity index is 563. The number of ether oxygens (including phenoxy) is 1. The number of aromatic nitrogens is 2. The lowest BCUT2D eigenvalue weighted by Crippen LogP contribution is -2.23. The fraction of sp³-hybridized carbons (Fsp3) is 0.308. The molecule has 0 aliphatic heterocycles. The fourth-order valence-corrected chi connectivity index (χ4v) is 1.64. The van der Waals surface area contributed by atoms with Gasteiger partial charge in [0.25, 0.3) is 0 Å². The molecule has 1 amide bonds. The van der Waals surface area contributed by atoms with Crippen molar-refractivity contribution in [2.24, 2.45) is 0 Å². The SMILES string of the molecule is COc1ccc(-c2noc([C@H](C)NC(C)=O)n2)cc1. The quantitative estimate of drug-likeness (QED) is 0.910. The molecule has 19 heavy (non-hydrogen) atoms. The summed E-state index contributed by atoms with van der Waals surface area (Å²) in [6.45, 7) is 3.23. The number of nitrogens with zero attached hydrogens (tertiary/aromatic N) is 2. The maximum absolute atomic E-state index is 11.0. The molecule has 2 aromatic rings. The van der Waals surface area contributed by atoms with Gasteiger partial charge in [0.1, 0.15) is 11.8 Å². The van der Waals surface area contributed by atoms with Crippen LogP contribution in [0.2, 0.25) is 0 Å². The summed E-state index contributed by atoms with van der Waals surface area (Å²) in [4.78, 5) is 15.2. The van der Waals surface area contributed by atoms with Gasteiger partial charge in [0, 0.05) is 12.5 Å². The van der Waals surface area contributed by atoms with Gasteiger partial charge < -0.3 is 14.6 Å². The van der Waals surface area contributed by atoms with E-state index < -0.39 is 0 Å². The van der Waals surface area contributed by atoms with Crippen molar-refractivity contribution in [3.63, 3.8) is 0 Å². The van der Waals surface area contributed by atoms with Crippen LogP contribution in [0.25, 0.3) is 11.4 Å². The highest BCUT2D eigenvalue weighted by Gasteiger charge is 2.15. The van der Waals surface area contributed by atoms with E-state index in [1.54, 1.807) is 14.0 Å². The van der Waals surface area contributed by atoms with Crippen LogP contribution in [0.4, 0.5) is 0 Å². The fourth-order valence-electron chi connectivity index (χ4n) is 1.64. The number of hydrogen-bond donors (Lipinski definition) is 1. The highest BCUT2D eigenvalue weighted by atomic mass is 16.5. The number of carbonyl (C=O) groups excluding carboxylic acids is 1. The van der Waals surface area contributed by atoms with Gasteiger partial charge in [-0.05, 0) is 31.2 Å². The summed E-state index contributed by atoms with van der Waals surface area (Å²) in [6.07, 6.45) is 0. The Kier molecular flexibility index (Phi) is 3.79. The molecule has 1 atom stereocenters. The predicted molar refractivity (Wildman–Crippen MR) is 68.5 cm³/mol. The Balaban J connectivity index is 2.17. The molecule has 0 radical (unpaired) electrons. The molecule has 0 spiro atoms. The first-order valence-corrected chi connectivity index (χ1v) is 5.85. The van der Waals surface area contributed by atoms with Crippen LogP contribution < -0.4 is 10.1 Å². The highest BCUT2D eigenvalue weighted by molar-refractivity contribution is 5.73. The van der Waals surface area contributed by atoms with E-state index in [0.29, 0.717) is 11.7 Å². The molecule has 0 aliphatic rings. The van der Waals surface area contributed by atoms with E-state index in [-0.39, 0.29) is 11.9 Å². The van der Waals surface area contributed by atoms with Gasteiger partial charge in [-0.2, -0.15) is 4.98 Å². The Labute approximate surface area is 110 Å². The van der Waals surface area contributed by atoms with Crippen LogP contribution in [0.3, 0.4) is 0 Å². The summed E-state index contributed by atoms with van der Waals surface area (Å²) >= 11 is 0. The number of carbonyl (C=O) groups is 1. The first kappa shape index (κ1) is 13.1. The van der Waals surface area contributed by atoms with Gasteiger partial charge in [0.05, 0.1) is 7.11 Å². The van der Waals surface area contributed by atoms with E-state index in [1.165, 1.54) is 6.92 Å². The molecule has 2 rings (SSSR count). The Morgan fingerprint density at radius 3 is 2.63 bits per heavy atom. The topological polar surface area (TPSA) is 77.3 Å². The third-order valence-corrected chi connectivity index (χ3v) is 2.58. The summed E-state index contributed by atoms with van der Waals surface area (Å²) < 4.78 is 10.2. The highest BCUT2D eigenvalue weighted by Crippen LogP contribution is 2.21. The molecule has 1 aromatic heterocycles. The van der Waals surface area contributed by atoms with Gasteiger partial charge in [-0.1, -0.05) is 5.16 Å². The lowest BCUT2D eigenvalue weighted by atomic mass is 10.2. The third-order valence-electron chi connectivity index (χ3n) is 2.58. The largest absolute Gasteiger partial charge is 0.497 e. The Morgan fingerprint density at radius 1 is 1.37 bits per heavy atom. The molecule has 0 aliphatic carbocycles. The molecule has 0 bridgehead atoms. The summed E-state index contributed by atoms with van der Waals surface area (Å²) in [5, 5.41) is 6.58. The van der Waals surface area contributed by atoms with Crippen LogP contribution in [-0.2, 0) is 4.79 Å². The van der Waals surface area contributed by atoms with Crippen molar-refractivity contribution < 1.29 is 14.1 Å². The first-order valence-electron chi connectivity index (χ1n) is 5.85. The van der Waals surface area contributed by atoms with Gasteiger partial charge in [-0.15, -0.1) is 0 Å². The van der Waals surface area contributed by atoms with E-state index >= 15 is 0 Å². The van der Waals surface area contributed by atoms with Gasteiger partial charge in [-0.3, -0.25) is 4.79 Å². The van der Waals surface area contributed by atoms with Crippen molar-refractivity contribution >= 4 is 5.91 Å². The van der Waals surface area contributed by atoms with Gasteiger partial charge in [0.2, 0.25) is 17.6 Å². The third kappa shape index (κ3) is 3.09. The first-order chi connectivity index (χ1) is 9.10. The average Bonchev–Trinajstić information content (AvgIpc) is 2.88. The van der Waals surface area contributed by atoms with E-state index in [1.807, 2.05) is 24.3 Å². The molecule has 1 heterocycles. The van der Waals surface area contributed by atoms with Crippen molar-refractivity contribution in [3.05, 3.63) is 30.2 Å². The zero-order valence-corrected chi connectivity index (χ0v) is 11.0. The maximum atomic E-state index is 11.0. The van der Waals surface area contributed by atoms with Gasteiger partial charge >= 0.3 is 0 Å². The second-order valence-electron chi connectivity index (χ2n) is 4.11. The monoisotopic (exact) mass is 261 g/mol. The summed E-state index contributed by atoms with van der Waals surface area (Å²) in [6, 6.07) is 7.02. The second-order valence-corrected chi connectivity index (χ2v) is 4.11. The summed E-state index contributed by atoms with van der Waals surface area (Å²) in [5.74, 6) is 1.48. The molecule has 1 N–H and O–H groups in total. The van der Waals surface area contributed by atoms with E-state index in [4.69, 9.17) is 9.26 Å². The zero-order valence-electron chi connectivity index (χ0n) is 11.0. The molecular formula is C13H15N3O3. The van der Waals surface area contributed by atoms with Crippen LogP contribution in [0.15, 0.2) is 28.8 Å². The van der Waals surface area contributed by atoms with Crippen molar-refractivity contribution in [2.45, 2.75) is 19.9 Å². The number of methoxy groups -OCH3 is 1. The average molecular weight is 261 g/mol. The number of nitrogens with one attached hydrogen (secondary N) is 1. The molecule has 6 nitrogen and oxygen atoms in total. The smallest absolute Gasteiger partial charge is 0.249 e. The van der Waals surface area contributed by atoms with Crippen molar-refractivity contribution in [3.8, 4) is 17.1 Å². The minimum Gasteiger partial charge on any atom is -0.497 e. The Hall–Kier alpha value is -2.37. The van der Waals surface area contributed by atoms with Crippen molar-refractivity contribution in [2.75, 3.05) is 7.11 Å². The lowest BCUT2D eigenvalue weighted by Gasteiger charge is -2.05. The van der Waals surface area contributed by atoms with Crippen LogP contribution in [0, 0.1) is 0 Å². The molecule has 0 saturated heterocycles. The van der Waals surface area contributed by atoms with Gasteiger partial charge in [0.15, 0.2) is 0 Å². The molecule has 100 valence electrons. The zero-order chi connectivity index (χ0) is 13.8. The number of amides is 1. The summed E-state index contributed by atoms with van der Waals surface area (Å²) in [7, 11) is 1.61. The number of hydrogen-bond acceptors (Lipinski definition) is 5. The van der Waals surface area contributed by atoms with Crippen LogP contribution in [0.1, 0.15) is 25.8 Å². The normalized spacial score (nSPS) is 11.9. The molecule has 1 aromatic carbocycles. The minimum atomic E-state index is -0.308. The predicted octanol–water partition coefficient (Wildman–Crippen LogP) is 1.94. The van der Waals surface area contributed by atoms with E-state index in [0.717, 1.165) is 11.3 Å². The number of benzene rings is 1. The lowest BCUT2D eigenvalue weighted by molar-refractivity contribution is -0.119. The molecular weight excluding hydrogens is 246 g/mol. The number of rotatable bonds is 4. The van der Waals surface area contributed by atoms with E-state index in [9.17, 15) is 4.79 Å². The molecule has 0 unspecified atom stereocenters. The molecule has 0 fully saturated rings. The van der Waals surface area contributed by atoms with Crippen LogP contribution in [-0.4, -0.2) is 23.2 Å². The second kappa shape index (κ2) is 5.51. The molecule has 0 saturated carbocycles. The van der Waals surface area contributed by atoms with Gasteiger partial charge in [-0.25, -0.2) is 0 Å². The van der Waals surface area contributed by atoms with Crippen molar-refractivity contribution in [1.29, 1.82) is 0 Å². The standard InChI is InChI=1S/C13H15N3O3/c1-8(14-9(2)17)13-15-12(16-19-13)10-4-6-11(18-3)7-5-10/h4-8H,1-3H3,(H,14,17)/t8-/m0/s1. The Morgan fingerprint density at radius 2 is 2.05 bits per heavy atom. The van der Waals surface area contributed by atoms with Crippen molar-refractivity contribution in [1.82, 2.24) is 15.5 Å². The summed E-state index contributed by atoms with van der Waals surface area (Å²) in [5.41, 5.74) is 0.825. The maximum Gasteiger partial charge on any atom is 0.249 e. The van der Waals surface area contributed by atoms with Crippen LogP contribution >= 0.6 is 0 Å². The van der Waals surface area contributed by atoms with E-state index in [2.05, 4.69) is 15.5 Å². The minimum absolute atomic E-state index is 0.142. The molecule has 6 heteroatoms. The van der Waals surface area contributed by atoms with Crippen LogP contribution in [0.5, 0.6) is 5.75 Å².